The summed E-state index contributed by atoms with van der Waals surface area (Å²) < 4.78 is 5.13. The van der Waals surface area contributed by atoms with Gasteiger partial charge in [-0.2, -0.15) is 0 Å². The summed E-state index contributed by atoms with van der Waals surface area (Å²) in [6, 6.07) is 1.50. The maximum Gasteiger partial charge on any atom is 0.252 e. The van der Waals surface area contributed by atoms with Crippen LogP contribution >= 0.6 is 0 Å². The molecule has 0 unspecified atom stereocenters. The number of piperazine rings is 1. The summed E-state index contributed by atoms with van der Waals surface area (Å²) in [5.41, 5.74) is 2.05. The summed E-state index contributed by atoms with van der Waals surface area (Å²) >= 11 is 0. The van der Waals surface area contributed by atoms with Crippen LogP contribution in [0.5, 0.6) is 0 Å². The zero-order valence-corrected chi connectivity index (χ0v) is 14.9. The second-order valence-electron chi connectivity index (χ2n) is 6.19. The fourth-order valence-corrected chi connectivity index (χ4v) is 2.97. The van der Waals surface area contributed by atoms with E-state index in [1.807, 2.05) is 13.8 Å². The van der Waals surface area contributed by atoms with Crippen molar-refractivity contribution in [2.75, 3.05) is 51.3 Å². The highest BCUT2D eigenvalue weighted by molar-refractivity contribution is 5.61. The molecule has 1 fully saturated rings. The van der Waals surface area contributed by atoms with E-state index >= 15 is 0 Å². The topological polar surface area (TPSA) is 87.2 Å². The van der Waals surface area contributed by atoms with Gasteiger partial charge in [0.1, 0.15) is 5.82 Å². The molecule has 8 nitrogen and oxygen atoms in total. The highest BCUT2D eigenvalue weighted by Crippen LogP contribution is 2.20. The third kappa shape index (κ3) is 4.21. The third-order valence-corrected chi connectivity index (χ3v) is 4.39. The summed E-state index contributed by atoms with van der Waals surface area (Å²) in [5, 5.41) is 0. The van der Waals surface area contributed by atoms with E-state index in [2.05, 4.69) is 29.7 Å². The number of aromatic amines is 1. The molecule has 134 valence electrons. The molecular weight excluding hydrogens is 320 g/mol. The summed E-state index contributed by atoms with van der Waals surface area (Å²) in [7, 11) is 1.72. The van der Waals surface area contributed by atoms with Crippen molar-refractivity contribution in [3.8, 4) is 11.3 Å². The molecule has 0 amide bonds. The Labute approximate surface area is 146 Å². The number of nitrogens with zero attached hydrogens (tertiary/aromatic N) is 5. The van der Waals surface area contributed by atoms with Gasteiger partial charge in [-0.05, 0) is 13.8 Å². The fourth-order valence-electron chi connectivity index (χ4n) is 2.97. The predicted octanol–water partition coefficient (Wildman–Crippen LogP) is 0.612. The molecule has 3 heterocycles. The van der Waals surface area contributed by atoms with E-state index in [4.69, 9.17) is 4.74 Å². The number of aromatic nitrogens is 4. The normalized spacial score (nSPS) is 15.6. The number of methoxy groups -OCH3 is 1. The van der Waals surface area contributed by atoms with Crippen molar-refractivity contribution in [3.63, 3.8) is 0 Å². The van der Waals surface area contributed by atoms with Crippen molar-refractivity contribution < 1.29 is 4.74 Å². The van der Waals surface area contributed by atoms with Crippen LogP contribution in [0.4, 0.5) is 5.95 Å². The Balaban J connectivity index is 1.80. The van der Waals surface area contributed by atoms with Gasteiger partial charge in [-0.3, -0.25) is 14.7 Å². The molecule has 1 N–H and O–H groups in total. The monoisotopic (exact) mass is 344 g/mol. The van der Waals surface area contributed by atoms with Crippen molar-refractivity contribution in [2.24, 2.45) is 0 Å². The van der Waals surface area contributed by atoms with Gasteiger partial charge in [0.2, 0.25) is 5.95 Å². The van der Waals surface area contributed by atoms with Crippen LogP contribution in [0.1, 0.15) is 11.5 Å². The maximum atomic E-state index is 12.1. The van der Waals surface area contributed by atoms with Crippen LogP contribution in [-0.4, -0.2) is 71.3 Å². The Bertz CT molecular complexity index is 783. The molecule has 0 bridgehead atoms. The molecule has 0 aliphatic carbocycles. The van der Waals surface area contributed by atoms with Gasteiger partial charge in [0.05, 0.1) is 18.0 Å². The van der Waals surface area contributed by atoms with E-state index in [1.54, 1.807) is 13.3 Å². The van der Waals surface area contributed by atoms with Gasteiger partial charge >= 0.3 is 0 Å². The van der Waals surface area contributed by atoms with Crippen LogP contribution in [0.2, 0.25) is 0 Å². The van der Waals surface area contributed by atoms with Crippen molar-refractivity contribution in [1.29, 1.82) is 0 Å². The quantitative estimate of drug-likeness (QED) is 0.850. The second-order valence-corrected chi connectivity index (χ2v) is 6.19. The lowest BCUT2D eigenvalue weighted by molar-refractivity contribution is 0.143. The number of rotatable bonds is 5. The Kier molecular flexibility index (Phi) is 5.40. The van der Waals surface area contributed by atoms with Crippen LogP contribution < -0.4 is 10.5 Å². The molecule has 2 aromatic rings. The highest BCUT2D eigenvalue weighted by atomic mass is 16.5. The van der Waals surface area contributed by atoms with Crippen LogP contribution in [0.3, 0.4) is 0 Å². The minimum Gasteiger partial charge on any atom is -0.383 e. The molecule has 1 saturated heterocycles. The van der Waals surface area contributed by atoms with Gasteiger partial charge in [0, 0.05) is 57.7 Å². The summed E-state index contributed by atoms with van der Waals surface area (Å²) in [5.74, 6) is 1.31. The third-order valence-electron chi connectivity index (χ3n) is 4.39. The van der Waals surface area contributed by atoms with Gasteiger partial charge in [-0.15, -0.1) is 0 Å². The minimum atomic E-state index is -0.165. The minimum absolute atomic E-state index is 0.165. The molecule has 2 aromatic heterocycles. The van der Waals surface area contributed by atoms with E-state index in [0.29, 0.717) is 17.5 Å². The number of nitrogens with one attached hydrogen (secondary N) is 1. The van der Waals surface area contributed by atoms with Gasteiger partial charge < -0.3 is 9.64 Å². The molecule has 0 radical (unpaired) electrons. The first-order chi connectivity index (χ1) is 12.1. The number of H-pyrrole nitrogens is 1. The summed E-state index contributed by atoms with van der Waals surface area (Å²) in [6.45, 7) is 8.88. The Morgan fingerprint density at radius 1 is 1.20 bits per heavy atom. The molecule has 1 aliphatic heterocycles. The first-order valence-corrected chi connectivity index (χ1v) is 8.45. The number of anilines is 1. The molecule has 3 rings (SSSR count). The van der Waals surface area contributed by atoms with E-state index in [-0.39, 0.29) is 5.56 Å². The number of aryl methyl sites for hydroxylation is 2. The van der Waals surface area contributed by atoms with E-state index in [9.17, 15) is 4.79 Å². The van der Waals surface area contributed by atoms with E-state index in [1.165, 1.54) is 6.07 Å². The molecule has 25 heavy (non-hydrogen) atoms. The summed E-state index contributed by atoms with van der Waals surface area (Å²) in [6.07, 6.45) is 1.73. The largest absolute Gasteiger partial charge is 0.383 e. The van der Waals surface area contributed by atoms with Gasteiger partial charge in [-0.25, -0.2) is 15.0 Å². The SMILES string of the molecule is COCCN1CCN(c2nc(-c3cnc(C)nc3C)cc(=O)[nH]2)CC1. The molecule has 0 spiro atoms. The van der Waals surface area contributed by atoms with Crippen molar-refractivity contribution in [2.45, 2.75) is 13.8 Å². The zero-order chi connectivity index (χ0) is 17.8. The van der Waals surface area contributed by atoms with Crippen LogP contribution in [0.15, 0.2) is 17.1 Å². The first-order valence-electron chi connectivity index (χ1n) is 8.45. The molecule has 1 aliphatic rings. The van der Waals surface area contributed by atoms with Crippen molar-refractivity contribution >= 4 is 5.95 Å². The maximum absolute atomic E-state index is 12.1. The van der Waals surface area contributed by atoms with Gasteiger partial charge in [0.15, 0.2) is 0 Å². The van der Waals surface area contributed by atoms with Gasteiger partial charge in [0.25, 0.3) is 5.56 Å². The van der Waals surface area contributed by atoms with Gasteiger partial charge in [-0.1, -0.05) is 0 Å². The smallest absolute Gasteiger partial charge is 0.252 e. The molecule has 0 saturated carbocycles. The average molecular weight is 344 g/mol. The molecule has 0 atom stereocenters. The van der Waals surface area contributed by atoms with Crippen molar-refractivity contribution in [3.05, 3.63) is 34.1 Å². The average Bonchev–Trinajstić information content (AvgIpc) is 2.60. The zero-order valence-electron chi connectivity index (χ0n) is 14.9. The number of ether oxygens (including phenoxy) is 1. The van der Waals surface area contributed by atoms with Crippen molar-refractivity contribution in [1.82, 2.24) is 24.8 Å². The first kappa shape index (κ1) is 17.5. The lowest BCUT2D eigenvalue weighted by atomic mass is 10.1. The standard InChI is InChI=1S/C17H24N6O2/c1-12-14(11-18-13(2)19-12)15-10-16(24)21-17(20-15)23-6-4-22(5-7-23)8-9-25-3/h10-11H,4-9H2,1-3H3,(H,20,21,24). The lowest BCUT2D eigenvalue weighted by Gasteiger charge is -2.34. The second kappa shape index (κ2) is 7.71. The Hall–Kier alpha value is -2.32. The van der Waals surface area contributed by atoms with Crippen LogP contribution in [-0.2, 0) is 4.74 Å². The highest BCUT2D eigenvalue weighted by Gasteiger charge is 2.19. The Morgan fingerprint density at radius 3 is 2.64 bits per heavy atom. The molecule has 0 aromatic carbocycles. The number of hydrogen-bond donors (Lipinski definition) is 1. The number of hydrogen-bond acceptors (Lipinski definition) is 7. The fraction of sp³-hybridized carbons (Fsp3) is 0.529. The van der Waals surface area contributed by atoms with Crippen LogP contribution in [0, 0.1) is 13.8 Å². The van der Waals surface area contributed by atoms with E-state index < -0.39 is 0 Å². The Morgan fingerprint density at radius 2 is 1.96 bits per heavy atom. The molecule has 8 heteroatoms. The van der Waals surface area contributed by atoms with E-state index in [0.717, 1.165) is 50.6 Å². The predicted molar refractivity (Wildman–Crippen MR) is 95.9 cm³/mol. The summed E-state index contributed by atoms with van der Waals surface area (Å²) in [4.78, 5) is 32.7. The lowest BCUT2D eigenvalue weighted by Crippen LogP contribution is -2.48. The molecular formula is C17H24N6O2. The van der Waals surface area contributed by atoms with Crippen LogP contribution in [0.25, 0.3) is 11.3 Å².